The molecule has 2 heterocycles. The number of hydrogen-bond acceptors (Lipinski definition) is 4. The highest BCUT2D eigenvalue weighted by Crippen LogP contribution is 2.22. The summed E-state index contributed by atoms with van der Waals surface area (Å²) in [5.74, 6) is 0. The molecular weight excluding hydrogens is 268 g/mol. The lowest BCUT2D eigenvalue weighted by Crippen LogP contribution is -1.96. The van der Waals surface area contributed by atoms with Gasteiger partial charge in [-0.2, -0.15) is 0 Å². The maximum atomic E-state index is 11.4. The molecule has 0 unspecified atom stereocenters. The van der Waals surface area contributed by atoms with Crippen LogP contribution in [0.2, 0.25) is 0 Å². The largest absolute Gasteiger partial charge is 0.297 e. The van der Waals surface area contributed by atoms with Crippen LogP contribution >= 0.6 is 11.3 Å². The second-order valence-electron chi connectivity index (χ2n) is 4.02. The van der Waals surface area contributed by atoms with Crippen LogP contribution in [0.4, 0.5) is 0 Å². The molecule has 0 fully saturated rings. The molecule has 0 amide bonds. The van der Waals surface area contributed by atoms with Gasteiger partial charge in [0.05, 0.1) is 10.6 Å². The Morgan fingerprint density at radius 1 is 1.22 bits per heavy atom. The highest BCUT2D eigenvalue weighted by Gasteiger charge is 2.09. The van der Waals surface area contributed by atoms with Gasteiger partial charge in [0.25, 0.3) is 0 Å². The molecule has 3 aromatic rings. The Morgan fingerprint density at radius 3 is 2.56 bits per heavy atom. The lowest BCUT2D eigenvalue weighted by atomic mass is 10.2. The fourth-order valence-electron chi connectivity index (χ4n) is 1.74. The van der Waals surface area contributed by atoms with E-state index in [-0.39, 0.29) is 0 Å². The van der Waals surface area contributed by atoms with Gasteiger partial charge in [0.2, 0.25) is 0 Å². The minimum absolute atomic E-state index is 0.326. The normalized spacial score (nSPS) is 12.1. The second kappa shape index (κ2) is 3.93. The van der Waals surface area contributed by atoms with Crippen molar-refractivity contribution in [3.8, 4) is 11.3 Å². The molecule has 18 heavy (non-hydrogen) atoms. The first-order valence-corrected chi connectivity index (χ1v) is 8.04. The Bertz CT molecular complexity index is 770. The smallest absolute Gasteiger partial charge is 0.194 e. The number of thiazole rings is 1. The number of imidazole rings is 1. The van der Waals surface area contributed by atoms with Crippen LogP contribution in [0.3, 0.4) is 0 Å². The fourth-order valence-corrected chi connectivity index (χ4v) is 3.07. The summed E-state index contributed by atoms with van der Waals surface area (Å²) in [4.78, 5) is 5.72. The Labute approximate surface area is 108 Å². The van der Waals surface area contributed by atoms with E-state index in [2.05, 4.69) is 4.98 Å². The maximum Gasteiger partial charge on any atom is 0.194 e. The summed E-state index contributed by atoms with van der Waals surface area (Å²) < 4.78 is 24.7. The molecular formula is C12H10N2O2S2. The summed E-state index contributed by atoms with van der Waals surface area (Å²) in [7, 11) is -3.14. The summed E-state index contributed by atoms with van der Waals surface area (Å²) in [5.41, 5.74) is 1.76. The van der Waals surface area contributed by atoms with Gasteiger partial charge in [-0.15, -0.1) is 11.3 Å². The van der Waals surface area contributed by atoms with Crippen molar-refractivity contribution in [3.05, 3.63) is 42.0 Å². The lowest BCUT2D eigenvalue weighted by Gasteiger charge is -1.99. The molecule has 0 aliphatic carbocycles. The first kappa shape index (κ1) is 11.4. The molecule has 0 spiro atoms. The maximum absolute atomic E-state index is 11.4. The third-order valence-electron chi connectivity index (χ3n) is 2.67. The van der Waals surface area contributed by atoms with E-state index < -0.39 is 9.84 Å². The summed E-state index contributed by atoms with van der Waals surface area (Å²) in [6.07, 6.45) is 5.08. The molecule has 6 heteroatoms. The number of sulfone groups is 1. The van der Waals surface area contributed by atoms with Crippen LogP contribution in [0.25, 0.3) is 16.2 Å². The van der Waals surface area contributed by atoms with Gasteiger partial charge in [0.1, 0.15) is 0 Å². The zero-order chi connectivity index (χ0) is 12.8. The van der Waals surface area contributed by atoms with E-state index in [1.165, 1.54) is 6.26 Å². The standard InChI is InChI=1S/C12H10N2O2S2/c1-18(15,16)10-4-2-9(3-5-10)11-8-14-6-7-17-12(14)13-11/h2-8H,1H3. The SMILES string of the molecule is CS(=O)(=O)c1ccc(-c2cn3ccsc3n2)cc1. The molecule has 0 saturated carbocycles. The second-order valence-corrected chi connectivity index (χ2v) is 6.90. The van der Waals surface area contributed by atoms with E-state index in [1.54, 1.807) is 35.6 Å². The van der Waals surface area contributed by atoms with Crippen LogP contribution in [0.1, 0.15) is 0 Å². The molecule has 4 nitrogen and oxygen atoms in total. The predicted octanol–water partition coefficient (Wildman–Crippen LogP) is 2.47. The Balaban J connectivity index is 2.05. The zero-order valence-electron chi connectivity index (χ0n) is 9.57. The van der Waals surface area contributed by atoms with Gasteiger partial charge in [-0.05, 0) is 12.1 Å². The molecule has 0 bridgehead atoms. The van der Waals surface area contributed by atoms with Crippen molar-refractivity contribution < 1.29 is 8.42 Å². The van der Waals surface area contributed by atoms with Crippen molar-refractivity contribution in [2.24, 2.45) is 0 Å². The van der Waals surface area contributed by atoms with Crippen LogP contribution in [0, 0.1) is 0 Å². The van der Waals surface area contributed by atoms with E-state index >= 15 is 0 Å². The Kier molecular flexibility index (Phi) is 2.49. The minimum atomic E-state index is -3.14. The van der Waals surface area contributed by atoms with Gasteiger partial charge in [0, 0.05) is 29.6 Å². The molecule has 0 aliphatic heterocycles. The molecule has 3 rings (SSSR count). The van der Waals surface area contributed by atoms with Gasteiger partial charge in [-0.1, -0.05) is 12.1 Å². The van der Waals surface area contributed by atoms with Gasteiger partial charge < -0.3 is 0 Å². The predicted molar refractivity (Wildman–Crippen MR) is 71.6 cm³/mol. The first-order chi connectivity index (χ1) is 8.54. The van der Waals surface area contributed by atoms with E-state index in [4.69, 9.17) is 0 Å². The van der Waals surface area contributed by atoms with E-state index in [1.807, 2.05) is 22.2 Å². The van der Waals surface area contributed by atoms with Crippen LogP contribution in [-0.4, -0.2) is 24.1 Å². The molecule has 92 valence electrons. The van der Waals surface area contributed by atoms with Crippen LogP contribution < -0.4 is 0 Å². The van der Waals surface area contributed by atoms with Gasteiger partial charge in [0.15, 0.2) is 14.8 Å². The van der Waals surface area contributed by atoms with Crippen LogP contribution in [0.15, 0.2) is 46.9 Å². The Morgan fingerprint density at radius 2 is 1.94 bits per heavy atom. The van der Waals surface area contributed by atoms with Crippen molar-refractivity contribution in [2.45, 2.75) is 4.90 Å². The monoisotopic (exact) mass is 278 g/mol. The lowest BCUT2D eigenvalue weighted by molar-refractivity contribution is 0.602. The molecule has 2 aromatic heterocycles. The van der Waals surface area contributed by atoms with Crippen LogP contribution in [0.5, 0.6) is 0 Å². The molecule has 0 radical (unpaired) electrons. The first-order valence-electron chi connectivity index (χ1n) is 5.27. The summed E-state index contributed by atoms with van der Waals surface area (Å²) in [6, 6.07) is 6.78. The van der Waals surface area contributed by atoms with Crippen LogP contribution in [-0.2, 0) is 9.84 Å². The summed E-state index contributed by atoms with van der Waals surface area (Å²) in [6.45, 7) is 0. The van der Waals surface area contributed by atoms with Gasteiger partial charge in [-0.25, -0.2) is 13.4 Å². The molecule has 0 aliphatic rings. The number of rotatable bonds is 2. The van der Waals surface area contributed by atoms with Crippen molar-refractivity contribution >= 4 is 26.1 Å². The number of fused-ring (bicyclic) bond motifs is 1. The molecule has 0 atom stereocenters. The zero-order valence-corrected chi connectivity index (χ0v) is 11.2. The van der Waals surface area contributed by atoms with E-state index in [0.717, 1.165) is 16.2 Å². The number of nitrogens with zero attached hydrogens (tertiary/aromatic N) is 2. The molecule has 0 saturated heterocycles. The summed E-state index contributed by atoms with van der Waals surface area (Å²) in [5, 5.41) is 1.97. The summed E-state index contributed by atoms with van der Waals surface area (Å²) >= 11 is 1.57. The topological polar surface area (TPSA) is 51.4 Å². The Hall–Kier alpha value is -1.66. The van der Waals surface area contributed by atoms with Gasteiger partial charge >= 0.3 is 0 Å². The number of benzene rings is 1. The van der Waals surface area contributed by atoms with Crippen molar-refractivity contribution in [2.75, 3.05) is 6.26 Å². The average Bonchev–Trinajstić information content (AvgIpc) is 2.88. The minimum Gasteiger partial charge on any atom is -0.297 e. The third kappa shape index (κ3) is 1.93. The average molecular weight is 278 g/mol. The fraction of sp³-hybridized carbons (Fsp3) is 0.0833. The highest BCUT2D eigenvalue weighted by atomic mass is 32.2. The highest BCUT2D eigenvalue weighted by molar-refractivity contribution is 7.90. The van der Waals surface area contributed by atoms with Crippen molar-refractivity contribution in [3.63, 3.8) is 0 Å². The van der Waals surface area contributed by atoms with E-state index in [9.17, 15) is 8.42 Å². The number of aromatic nitrogens is 2. The molecule has 1 aromatic carbocycles. The van der Waals surface area contributed by atoms with Crippen molar-refractivity contribution in [1.82, 2.24) is 9.38 Å². The van der Waals surface area contributed by atoms with Gasteiger partial charge in [-0.3, -0.25) is 4.40 Å². The number of hydrogen-bond donors (Lipinski definition) is 0. The quantitative estimate of drug-likeness (QED) is 0.723. The van der Waals surface area contributed by atoms with E-state index in [0.29, 0.717) is 4.90 Å². The van der Waals surface area contributed by atoms with Crippen molar-refractivity contribution in [1.29, 1.82) is 0 Å². The molecule has 0 N–H and O–H groups in total. The third-order valence-corrected chi connectivity index (χ3v) is 4.57.